The molecule has 0 radical (unpaired) electrons. The van der Waals surface area contributed by atoms with Gasteiger partial charge in [-0.25, -0.2) is 0 Å². The molecule has 1 amide bonds. The van der Waals surface area contributed by atoms with E-state index in [1.54, 1.807) is 0 Å². The van der Waals surface area contributed by atoms with E-state index in [1.165, 1.54) is 0 Å². The molecule has 4 N–H and O–H groups in total. The predicted molar refractivity (Wildman–Crippen MR) is 90.2 cm³/mol. The number of nitrogens with one attached hydrogen (secondary N) is 2. The first kappa shape index (κ1) is 17.8. The summed E-state index contributed by atoms with van der Waals surface area (Å²) >= 11 is 0. The number of anilines is 1. The molecule has 1 aromatic carbocycles. The van der Waals surface area contributed by atoms with Crippen LogP contribution >= 0.6 is 0 Å². The molecular weight excluding hydrogens is 280 g/mol. The van der Waals surface area contributed by atoms with E-state index in [-0.39, 0.29) is 24.0 Å². The Hall–Kier alpha value is -2.24. The molecule has 0 fully saturated rings. The zero-order valence-corrected chi connectivity index (χ0v) is 13.7. The van der Waals surface area contributed by atoms with Gasteiger partial charge in [0, 0.05) is 18.2 Å². The molecule has 0 saturated heterocycles. The molecule has 0 heterocycles. The number of nitrogens with two attached hydrogens (primary N) is 1. The number of carbonyl (C=O) groups is 1. The van der Waals surface area contributed by atoms with Crippen LogP contribution in [-0.4, -0.2) is 30.6 Å². The van der Waals surface area contributed by atoms with E-state index in [2.05, 4.69) is 15.6 Å². The van der Waals surface area contributed by atoms with Crippen molar-refractivity contribution in [3.63, 3.8) is 0 Å². The molecule has 6 heteroatoms. The second-order valence-electron chi connectivity index (χ2n) is 5.56. The highest BCUT2D eigenvalue weighted by atomic mass is 16.5. The van der Waals surface area contributed by atoms with Crippen LogP contribution in [0.2, 0.25) is 0 Å². The van der Waals surface area contributed by atoms with Crippen LogP contribution in [0.1, 0.15) is 34.1 Å². The summed E-state index contributed by atoms with van der Waals surface area (Å²) in [4.78, 5) is 15.6. The van der Waals surface area contributed by atoms with Gasteiger partial charge in [-0.1, -0.05) is 0 Å². The van der Waals surface area contributed by atoms with Gasteiger partial charge in [0.1, 0.15) is 5.75 Å². The fourth-order valence-electron chi connectivity index (χ4n) is 1.75. The number of benzene rings is 1. The number of hydrogen-bond donors (Lipinski definition) is 3. The minimum atomic E-state index is -0.0262. The highest BCUT2D eigenvalue weighted by molar-refractivity contribution is 5.92. The number of hydrogen-bond acceptors (Lipinski definition) is 3. The fraction of sp³-hybridized carbons (Fsp3) is 0.500. The van der Waals surface area contributed by atoms with Gasteiger partial charge >= 0.3 is 0 Å². The number of aliphatic imine (C=N–C) groups is 1. The molecule has 22 heavy (non-hydrogen) atoms. The van der Waals surface area contributed by atoms with Crippen LogP contribution in [0.3, 0.4) is 0 Å². The predicted octanol–water partition coefficient (Wildman–Crippen LogP) is 2.12. The molecule has 1 aromatic rings. The van der Waals surface area contributed by atoms with Crippen LogP contribution in [0.25, 0.3) is 0 Å². The van der Waals surface area contributed by atoms with Crippen LogP contribution in [0.5, 0.6) is 5.75 Å². The highest BCUT2D eigenvalue weighted by Crippen LogP contribution is 2.16. The summed E-state index contributed by atoms with van der Waals surface area (Å²) < 4.78 is 5.56. The third kappa shape index (κ3) is 7.52. The molecule has 0 aliphatic heterocycles. The molecule has 122 valence electrons. The maximum Gasteiger partial charge on any atom is 0.222 e. The van der Waals surface area contributed by atoms with E-state index in [0.717, 1.165) is 11.4 Å². The van der Waals surface area contributed by atoms with E-state index in [9.17, 15) is 4.79 Å². The SMILES string of the molecule is CC(C)NC(=O)CCN=C(N)Nc1ccc(OC(C)C)cc1. The molecule has 0 aromatic heterocycles. The van der Waals surface area contributed by atoms with Crippen molar-refractivity contribution >= 4 is 17.6 Å². The summed E-state index contributed by atoms with van der Waals surface area (Å²) in [6, 6.07) is 7.60. The third-order valence-corrected chi connectivity index (χ3v) is 2.57. The van der Waals surface area contributed by atoms with E-state index in [0.29, 0.717) is 13.0 Å². The van der Waals surface area contributed by atoms with Gasteiger partial charge < -0.3 is 21.1 Å². The first-order valence-corrected chi connectivity index (χ1v) is 7.50. The molecule has 0 spiro atoms. The lowest BCUT2D eigenvalue weighted by Gasteiger charge is -2.11. The smallest absolute Gasteiger partial charge is 0.222 e. The minimum absolute atomic E-state index is 0.0262. The standard InChI is InChI=1S/C16H26N4O2/c1-11(2)19-15(21)9-10-18-16(17)20-13-5-7-14(8-6-13)22-12(3)4/h5-8,11-12H,9-10H2,1-4H3,(H,19,21)(H3,17,18,20). The lowest BCUT2D eigenvalue weighted by atomic mass is 10.3. The monoisotopic (exact) mass is 306 g/mol. The van der Waals surface area contributed by atoms with Crippen molar-refractivity contribution in [2.45, 2.75) is 46.3 Å². The van der Waals surface area contributed by atoms with Crippen LogP contribution in [-0.2, 0) is 4.79 Å². The number of rotatable bonds is 7. The van der Waals surface area contributed by atoms with Crippen LogP contribution in [0, 0.1) is 0 Å². The van der Waals surface area contributed by atoms with Crippen molar-refractivity contribution in [3.8, 4) is 5.75 Å². The number of carbonyl (C=O) groups excluding carboxylic acids is 1. The molecule has 0 unspecified atom stereocenters. The fourth-order valence-corrected chi connectivity index (χ4v) is 1.75. The molecule has 6 nitrogen and oxygen atoms in total. The van der Waals surface area contributed by atoms with Crippen molar-refractivity contribution in [2.24, 2.45) is 10.7 Å². The van der Waals surface area contributed by atoms with Crippen LogP contribution < -0.4 is 21.1 Å². The summed E-state index contributed by atoms with van der Waals surface area (Å²) in [5, 5.41) is 5.78. The van der Waals surface area contributed by atoms with Gasteiger partial charge in [0.2, 0.25) is 5.91 Å². The number of guanidine groups is 1. The van der Waals surface area contributed by atoms with Crippen molar-refractivity contribution in [2.75, 3.05) is 11.9 Å². The molecule has 0 aliphatic rings. The first-order chi connectivity index (χ1) is 10.4. The Labute approximate surface area is 132 Å². The maximum absolute atomic E-state index is 11.5. The van der Waals surface area contributed by atoms with Crippen LogP contribution in [0.4, 0.5) is 5.69 Å². The highest BCUT2D eigenvalue weighted by Gasteiger charge is 2.03. The van der Waals surface area contributed by atoms with Crippen molar-refractivity contribution in [1.82, 2.24) is 5.32 Å². The summed E-state index contributed by atoms with van der Waals surface area (Å²) in [5.74, 6) is 1.07. The Morgan fingerprint density at radius 1 is 1.23 bits per heavy atom. The van der Waals surface area contributed by atoms with E-state index < -0.39 is 0 Å². The zero-order valence-electron chi connectivity index (χ0n) is 13.7. The average Bonchev–Trinajstić information content (AvgIpc) is 2.39. The lowest BCUT2D eigenvalue weighted by Crippen LogP contribution is -2.30. The average molecular weight is 306 g/mol. The number of amides is 1. The molecule has 0 atom stereocenters. The van der Waals surface area contributed by atoms with Gasteiger partial charge in [-0.15, -0.1) is 0 Å². The van der Waals surface area contributed by atoms with Gasteiger partial charge in [-0.3, -0.25) is 9.79 Å². The van der Waals surface area contributed by atoms with Gasteiger partial charge in [0.15, 0.2) is 5.96 Å². The summed E-state index contributed by atoms with van der Waals surface area (Å²) in [6.07, 6.45) is 0.462. The normalized spacial score (nSPS) is 11.6. The third-order valence-electron chi connectivity index (χ3n) is 2.57. The van der Waals surface area contributed by atoms with Gasteiger partial charge in [0.25, 0.3) is 0 Å². The Bertz CT molecular complexity index is 495. The summed E-state index contributed by atoms with van der Waals surface area (Å²) in [5.41, 5.74) is 6.61. The molecule has 0 saturated carbocycles. The number of ether oxygens (including phenoxy) is 1. The zero-order chi connectivity index (χ0) is 16.5. The molecular formula is C16H26N4O2. The number of nitrogens with zero attached hydrogens (tertiary/aromatic N) is 1. The molecule has 0 aliphatic carbocycles. The lowest BCUT2D eigenvalue weighted by molar-refractivity contribution is -0.121. The minimum Gasteiger partial charge on any atom is -0.491 e. The van der Waals surface area contributed by atoms with Crippen molar-refractivity contribution in [3.05, 3.63) is 24.3 Å². The molecule has 1 rings (SSSR count). The Balaban J connectivity index is 2.42. The van der Waals surface area contributed by atoms with Gasteiger partial charge in [0.05, 0.1) is 12.6 Å². The van der Waals surface area contributed by atoms with Gasteiger partial charge in [-0.2, -0.15) is 0 Å². The Morgan fingerprint density at radius 3 is 2.41 bits per heavy atom. The van der Waals surface area contributed by atoms with E-state index in [1.807, 2.05) is 52.0 Å². The van der Waals surface area contributed by atoms with E-state index >= 15 is 0 Å². The topological polar surface area (TPSA) is 88.7 Å². The largest absolute Gasteiger partial charge is 0.491 e. The molecule has 0 bridgehead atoms. The van der Waals surface area contributed by atoms with Gasteiger partial charge in [-0.05, 0) is 52.0 Å². The second-order valence-corrected chi connectivity index (χ2v) is 5.56. The Kier molecular flexibility index (Phi) is 7.22. The van der Waals surface area contributed by atoms with Crippen molar-refractivity contribution < 1.29 is 9.53 Å². The maximum atomic E-state index is 11.5. The summed E-state index contributed by atoms with van der Waals surface area (Å²) in [6.45, 7) is 8.15. The van der Waals surface area contributed by atoms with E-state index in [4.69, 9.17) is 10.5 Å². The Morgan fingerprint density at radius 2 is 1.86 bits per heavy atom. The quantitative estimate of drug-likeness (QED) is 0.532. The van der Waals surface area contributed by atoms with Crippen molar-refractivity contribution in [1.29, 1.82) is 0 Å². The summed E-state index contributed by atoms with van der Waals surface area (Å²) in [7, 11) is 0. The first-order valence-electron chi connectivity index (χ1n) is 7.50. The van der Waals surface area contributed by atoms with Crippen LogP contribution in [0.15, 0.2) is 29.3 Å². The second kappa shape index (κ2) is 8.92.